The number of hydrogen-bond acceptors (Lipinski definition) is 6. The monoisotopic (exact) mass is 276 g/mol. The molecule has 6 nitrogen and oxygen atoms in total. The van der Waals surface area contributed by atoms with Crippen molar-refractivity contribution >= 4 is 5.57 Å². The van der Waals surface area contributed by atoms with Gasteiger partial charge in [0, 0.05) is 17.3 Å². The van der Waals surface area contributed by atoms with Crippen molar-refractivity contribution in [2.45, 2.75) is 50.6 Å². The molecule has 1 heterocycles. The zero-order chi connectivity index (χ0) is 13.8. The first-order valence-corrected chi connectivity index (χ1v) is 7.22. The summed E-state index contributed by atoms with van der Waals surface area (Å²) in [5.74, 6) is 0.518. The van der Waals surface area contributed by atoms with Gasteiger partial charge in [-0.15, -0.1) is 0 Å². The van der Waals surface area contributed by atoms with Gasteiger partial charge in [0.1, 0.15) is 0 Å². The lowest BCUT2D eigenvalue weighted by molar-refractivity contribution is 0.135. The number of hydrogen-bond donors (Lipinski definition) is 3. The van der Waals surface area contributed by atoms with E-state index in [9.17, 15) is 5.21 Å². The molecule has 1 aromatic rings. The molecular weight excluding hydrogens is 256 g/mol. The molecule has 1 saturated carbocycles. The quantitative estimate of drug-likeness (QED) is 0.730. The Morgan fingerprint density at radius 3 is 2.80 bits per heavy atom. The summed E-state index contributed by atoms with van der Waals surface area (Å²) in [6.07, 6.45) is 12.3. The molecule has 0 radical (unpaired) electrons. The van der Waals surface area contributed by atoms with Crippen LogP contribution in [-0.2, 0) is 0 Å². The highest BCUT2D eigenvalue weighted by molar-refractivity contribution is 5.70. The number of nitrogens with zero attached hydrogens (tertiary/aromatic N) is 2. The second-order valence-corrected chi connectivity index (χ2v) is 5.40. The number of nitrogens with one attached hydrogen (secondary N) is 2. The van der Waals surface area contributed by atoms with Crippen LogP contribution in [0.15, 0.2) is 28.7 Å². The van der Waals surface area contributed by atoms with Crippen LogP contribution in [-0.4, -0.2) is 27.4 Å². The van der Waals surface area contributed by atoms with Crippen molar-refractivity contribution in [3.8, 4) is 0 Å². The van der Waals surface area contributed by atoms with Crippen LogP contribution in [0.5, 0.6) is 0 Å². The molecule has 2 aliphatic carbocycles. The van der Waals surface area contributed by atoms with Crippen molar-refractivity contribution in [3.63, 3.8) is 0 Å². The summed E-state index contributed by atoms with van der Waals surface area (Å²) in [7, 11) is 0. The number of hydroxylamine groups is 1. The molecule has 3 N–H and O–H groups in total. The Kier molecular flexibility index (Phi) is 4.13. The van der Waals surface area contributed by atoms with Crippen LogP contribution in [0.3, 0.4) is 0 Å². The molecule has 20 heavy (non-hydrogen) atoms. The van der Waals surface area contributed by atoms with Crippen molar-refractivity contribution in [2.75, 3.05) is 0 Å². The summed E-state index contributed by atoms with van der Waals surface area (Å²) in [6, 6.07) is 0.400. The van der Waals surface area contributed by atoms with E-state index in [4.69, 9.17) is 4.52 Å². The fourth-order valence-electron chi connectivity index (χ4n) is 2.90. The molecule has 0 saturated heterocycles. The molecular formula is C14H20N4O2. The Balaban J connectivity index is 1.75. The largest absolute Gasteiger partial charge is 0.384 e. The first-order valence-electron chi connectivity index (χ1n) is 7.22. The third-order valence-corrected chi connectivity index (χ3v) is 4.00. The van der Waals surface area contributed by atoms with Crippen LogP contribution in [0.2, 0.25) is 0 Å². The predicted octanol–water partition coefficient (Wildman–Crippen LogP) is 2.01. The number of rotatable bonds is 4. The number of aromatic nitrogens is 2. The van der Waals surface area contributed by atoms with E-state index < -0.39 is 0 Å². The molecule has 0 aromatic carbocycles. The van der Waals surface area contributed by atoms with Gasteiger partial charge in [0.25, 0.3) is 5.89 Å². The maximum Gasteiger partial charge on any atom is 0.257 e. The van der Waals surface area contributed by atoms with Crippen LogP contribution in [0.1, 0.15) is 44.4 Å². The smallest absolute Gasteiger partial charge is 0.257 e. The Morgan fingerprint density at radius 1 is 1.25 bits per heavy atom. The van der Waals surface area contributed by atoms with Gasteiger partial charge in [-0.25, -0.2) is 0 Å². The first kappa shape index (κ1) is 13.3. The van der Waals surface area contributed by atoms with Crippen molar-refractivity contribution < 1.29 is 9.73 Å². The van der Waals surface area contributed by atoms with E-state index in [-0.39, 0.29) is 6.04 Å². The standard InChI is InChI=1S/C14H20N4O2/c19-18-12-7-6-10(14-15-9-16-20-14)8-13(12)17-11-4-2-1-3-5-11/h6,8-9,11-12,17-19H,1-5,7H2. The fourth-order valence-corrected chi connectivity index (χ4v) is 2.90. The summed E-state index contributed by atoms with van der Waals surface area (Å²) < 4.78 is 5.10. The number of allylic oxidation sites excluding steroid dienone is 2. The second kappa shape index (κ2) is 6.19. The van der Waals surface area contributed by atoms with Crippen LogP contribution >= 0.6 is 0 Å². The van der Waals surface area contributed by atoms with Crippen molar-refractivity contribution in [2.24, 2.45) is 0 Å². The lowest BCUT2D eigenvalue weighted by atomic mass is 9.93. The van der Waals surface area contributed by atoms with Gasteiger partial charge in [-0.05, 0) is 25.3 Å². The highest BCUT2D eigenvalue weighted by Crippen LogP contribution is 2.25. The summed E-state index contributed by atoms with van der Waals surface area (Å²) in [5, 5.41) is 16.5. The summed E-state index contributed by atoms with van der Waals surface area (Å²) in [4.78, 5) is 4.07. The maximum absolute atomic E-state index is 9.30. The lowest BCUT2D eigenvalue weighted by Crippen LogP contribution is -2.40. The van der Waals surface area contributed by atoms with Crippen molar-refractivity contribution in [1.82, 2.24) is 20.9 Å². The van der Waals surface area contributed by atoms with Gasteiger partial charge in [-0.2, -0.15) is 10.5 Å². The second-order valence-electron chi connectivity index (χ2n) is 5.40. The lowest BCUT2D eigenvalue weighted by Gasteiger charge is -2.30. The average Bonchev–Trinajstić information content (AvgIpc) is 3.02. The minimum Gasteiger partial charge on any atom is -0.384 e. The van der Waals surface area contributed by atoms with E-state index in [1.54, 1.807) is 0 Å². The van der Waals surface area contributed by atoms with E-state index in [2.05, 4.69) is 20.9 Å². The van der Waals surface area contributed by atoms with Gasteiger partial charge in [0.15, 0.2) is 6.33 Å². The van der Waals surface area contributed by atoms with E-state index in [1.807, 2.05) is 12.2 Å². The highest BCUT2D eigenvalue weighted by Gasteiger charge is 2.23. The normalized spacial score (nSPS) is 24.1. The molecule has 0 bridgehead atoms. The molecule has 3 rings (SSSR count). The highest BCUT2D eigenvalue weighted by atomic mass is 16.5. The van der Waals surface area contributed by atoms with E-state index in [0.29, 0.717) is 18.4 Å². The van der Waals surface area contributed by atoms with Crippen LogP contribution in [0.4, 0.5) is 0 Å². The molecule has 1 aromatic heterocycles. The van der Waals surface area contributed by atoms with E-state index >= 15 is 0 Å². The molecule has 6 heteroatoms. The predicted molar refractivity (Wildman–Crippen MR) is 73.7 cm³/mol. The van der Waals surface area contributed by atoms with Gasteiger partial charge in [0.05, 0.1) is 6.04 Å². The Hall–Kier alpha value is -1.66. The molecule has 0 amide bonds. The van der Waals surface area contributed by atoms with Gasteiger partial charge in [-0.3, -0.25) is 0 Å². The zero-order valence-corrected chi connectivity index (χ0v) is 11.4. The third-order valence-electron chi connectivity index (χ3n) is 4.00. The topological polar surface area (TPSA) is 83.2 Å². The molecule has 1 fully saturated rings. The molecule has 108 valence electrons. The van der Waals surface area contributed by atoms with Gasteiger partial charge in [0.2, 0.25) is 0 Å². The summed E-state index contributed by atoms with van der Waals surface area (Å²) in [5.41, 5.74) is 4.27. The summed E-state index contributed by atoms with van der Waals surface area (Å²) in [6.45, 7) is 0. The van der Waals surface area contributed by atoms with Gasteiger partial charge < -0.3 is 15.0 Å². The molecule has 0 aliphatic heterocycles. The van der Waals surface area contributed by atoms with Crippen LogP contribution in [0, 0.1) is 0 Å². The Morgan fingerprint density at radius 2 is 2.10 bits per heavy atom. The van der Waals surface area contributed by atoms with Gasteiger partial charge in [-0.1, -0.05) is 30.5 Å². The Bertz CT molecular complexity index is 489. The third kappa shape index (κ3) is 2.91. The molecule has 1 atom stereocenters. The van der Waals surface area contributed by atoms with Crippen LogP contribution in [0.25, 0.3) is 5.57 Å². The Labute approximate surface area is 117 Å². The average molecular weight is 276 g/mol. The fraction of sp³-hybridized carbons (Fsp3) is 0.571. The van der Waals surface area contributed by atoms with Crippen molar-refractivity contribution in [1.29, 1.82) is 0 Å². The van der Waals surface area contributed by atoms with Gasteiger partial charge >= 0.3 is 0 Å². The maximum atomic E-state index is 9.30. The van der Waals surface area contributed by atoms with E-state index in [0.717, 1.165) is 11.3 Å². The SMILES string of the molecule is ONC1CC=C(c2ncno2)C=C1NC1CCCCC1. The first-order chi connectivity index (χ1) is 9.86. The summed E-state index contributed by atoms with van der Waals surface area (Å²) >= 11 is 0. The van der Waals surface area contributed by atoms with Crippen LogP contribution < -0.4 is 10.8 Å². The zero-order valence-electron chi connectivity index (χ0n) is 11.4. The molecule has 1 unspecified atom stereocenters. The minimum absolute atomic E-state index is 0.0939. The van der Waals surface area contributed by atoms with Crippen molar-refractivity contribution in [3.05, 3.63) is 30.1 Å². The molecule has 2 aliphatic rings. The van der Waals surface area contributed by atoms with E-state index in [1.165, 1.54) is 38.4 Å². The minimum atomic E-state index is -0.0939. The molecule has 0 spiro atoms.